The summed E-state index contributed by atoms with van der Waals surface area (Å²) in [5.74, 6) is -0.477. The third-order valence-electron chi connectivity index (χ3n) is 3.29. The van der Waals surface area contributed by atoms with Gasteiger partial charge in [0.15, 0.2) is 0 Å². The monoisotopic (exact) mass is 420 g/mol. The minimum absolute atomic E-state index is 0.00159. The zero-order valence-electron chi connectivity index (χ0n) is 13.4. The number of carbonyl (C=O) groups is 1. The van der Waals surface area contributed by atoms with Crippen LogP contribution in [0.5, 0.6) is 11.5 Å². The average Bonchev–Trinajstić information content (AvgIpc) is 2.60. The quantitative estimate of drug-likeness (QED) is 0.402. The Kier molecular flexibility index (Phi) is 6.55. The SMILES string of the molecule is O=C(NCCS)c1cc(Oc2ccc(C(F)(F)F)cc2Cl)ccc1[N+](=O)[O-]. The topological polar surface area (TPSA) is 81.5 Å². The fraction of sp³-hybridized carbons (Fsp3) is 0.188. The Bertz CT molecular complexity index is 877. The van der Waals surface area contributed by atoms with Crippen molar-refractivity contribution in [3.8, 4) is 11.5 Å². The molecule has 27 heavy (non-hydrogen) atoms. The van der Waals surface area contributed by atoms with E-state index in [1.165, 1.54) is 6.07 Å². The molecule has 2 aromatic rings. The van der Waals surface area contributed by atoms with Crippen LogP contribution in [0.3, 0.4) is 0 Å². The van der Waals surface area contributed by atoms with Gasteiger partial charge in [-0.2, -0.15) is 25.8 Å². The molecule has 0 aromatic heterocycles. The molecule has 0 unspecified atom stereocenters. The van der Waals surface area contributed by atoms with Gasteiger partial charge in [0.1, 0.15) is 17.1 Å². The maximum atomic E-state index is 12.7. The molecule has 0 aliphatic carbocycles. The van der Waals surface area contributed by atoms with Crippen molar-refractivity contribution in [2.75, 3.05) is 12.3 Å². The predicted molar refractivity (Wildman–Crippen MR) is 95.8 cm³/mol. The minimum atomic E-state index is -4.56. The number of carbonyl (C=O) groups excluding carboxylic acids is 1. The second-order valence-electron chi connectivity index (χ2n) is 5.16. The van der Waals surface area contributed by atoms with E-state index in [1.807, 2.05) is 0 Å². The number of nitro groups is 1. The molecule has 1 N–H and O–H groups in total. The summed E-state index contributed by atoms with van der Waals surface area (Å²) in [5, 5.41) is 13.2. The third kappa shape index (κ3) is 5.27. The van der Waals surface area contributed by atoms with Crippen molar-refractivity contribution in [3.63, 3.8) is 0 Å². The molecule has 2 rings (SSSR count). The number of nitro benzene ring substituents is 1. The molecular formula is C16H12ClF3N2O4S. The lowest BCUT2D eigenvalue weighted by atomic mass is 10.1. The van der Waals surface area contributed by atoms with Crippen molar-refractivity contribution in [1.29, 1.82) is 0 Å². The van der Waals surface area contributed by atoms with Crippen molar-refractivity contribution >= 4 is 35.8 Å². The number of hydrogen-bond donors (Lipinski definition) is 2. The van der Waals surface area contributed by atoms with Crippen LogP contribution in [0.25, 0.3) is 0 Å². The molecule has 0 aliphatic heterocycles. The average molecular weight is 421 g/mol. The fourth-order valence-electron chi connectivity index (χ4n) is 2.07. The van der Waals surface area contributed by atoms with E-state index in [1.54, 1.807) is 0 Å². The first-order chi connectivity index (χ1) is 12.6. The smallest absolute Gasteiger partial charge is 0.416 e. The summed E-state index contributed by atoms with van der Waals surface area (Å²) >= 11 is 9.75. The normalized spacial score (nSPS) is 11.1. The largest absolute Gasteiger partial charge is 0.456 e. The van der Waals surface area contributed by atoms with Crippen molar-refractivity contribution in [1.82, 2.24) is 5.32 Å². The van der Waals surface area contributed by atoms with Crippen molar-refractivity contribution in [2.24, 2.45) is 0 Å². The van der Waals surface area contributed by atoms with E-state index < -0.39 is 28.3 Å². The van der Waals surface area contributed by atoms with E-state index in [-0.39, 0.29) is 28.6 Å². The Labute approximate surface area is 161 Å². The Morgan fingerprint density at radius 1 is 1.26 bits per heavy atom. The summed E-state index contributed by atoms with van der Waals surface area (Å²) in [6, 6.07) is 5.88. The van der Waals surface area contributed by atoms with Crippen LogP contribution in [-0.2, 0) is 6.18 Å². The number of ether oxygens (including phenoxy) is 1. The molecule has 0 saturated carbocycles. The van der Waals surface area contributed by atoms with Crippen LogP contribution >= 0.6 is 24.2 Å². The van der Waals surface area contributed by atoms with Crippen molar-refractivity contribution < 1.29 is 27.6 Å². The highest BCUT2D eigenvalue weighted by Crippen LogP contribution is 2.37. The highest BCUT2D eigenvalue weighted by atomic mass is 35.5. The summed E-state index contributed by atoms with van der Waals surface area (Å²) in [7, 11) is 0. The first-order valence-electron chi connectivity index (χ1n) is 7.35. The molecule has 0 saturated heterocycles. The second kappa shape index (κ2) is 8.49. The standard InChI is InChI=1S/C16H12ClF3N2O4S/c17-12-7-9(16(18,19)20)1-4-14(12)26-10-2-3-13(22(24)25)11(8-10)15(23)21-5-6-27/h1-4,7-8,27H,5-6H2,(H,21,23). The predicted octanol–water partition coefficient (Wildman–Crippen LogP) is 4.72. The molecule has 0 radical (unpaired) electrons. The second-order valence-corrected chi connectivity index (χ2v) is 6.02. The van der Waals surface area contributed by atoms with Crippen LogP contribution in [0.1, 0.15) is 15.9 Å². The van der Waals surface area contributed by atoms with Gasteiger partial charge in [0, 0.05) is 24.4 Å². The number of amides is 1. The van der Waals surface area contributed by atoms with Gasteiger partial charge in [-0.05, 0) is 24.3 Å². The van der Waals surface area contributed by atoms with Crippen LogP contribution in [-0.4, -0.2) is 23.1 Å². The summed E-state index contributed by atoms with van der Waals surface area (Å²) in [6.45, 7) is 0.189. The first-order valence-corrected chi connectivity index (χ1v) is 8.36. The summed E-state index contributed by atoms with van der Waals surface area (Å²) in [4.78, 5) is 22.5. The van der Waals surface area contributed by atoms with Gasteiger partial charge >= 0.3 is 6.18 Å². The van der Waals surface area contributed by atoms with E-state index >= 15 is 0 Å². The van der Waals surface area contributed by atoms with Gasteiger partial charge in [-0.1, -0.05) is 11.6 Å². The number of hydrogen-bond acceptors (Lipinski definition) is 5. The van der Waals surface area contributed by atoms with Crippen LogP contribution in [0.2, 0.25) is 5.02 Å². The molecule has 0 bridgehead atoms. The zero-order valence-corrected chi connectivity index (χ0v) is 15.1. The van der Waals surface area contributed by atoms with E-state index in [2.05, 4.69) is 17.9 Å². The van der Waals surface area contributed by atoms with Crippen LogP contribution in [0, 0.1) is 10.1 Å². The Morgan fingerprint density at radius 2 is 1.96 bits per heavy atom. The molecule has 0 atom stereocenters. The summed E-state index contributed by atoms with van der Waals surface area (Å²) < 4.78 is 43.4. The van der Waals surface area contributed by atoms with Crippen LogP contribution in [0.15, 0.2) is 36.4 Å². The van der Waals surface area contributed by atoms with Crippen molar-refractivity contribution in [2.45, 2.75) is 6.18 Å². The highest BCUT2D eigenvalue weighted by molar-refractivity contribution is 7.80. The van der Waals surface area contributed by atoms with E-state index in [0.717, 1.165) is 24.3 Å². The fourth-order valence-corrected chi connectivity index (χ4v) is 2.40. The molecule has 2 aromatic carbocycles. The van der Waals surface area contributed by atoms with Crippen molar-refractivity contribution in [3.05, 3.63) is 62.7 Å². The van der Waals surface area contributed by atoms with Gasteiger partial charge in [-0.25, -0.2) is 0 Å². The lowest BCUT2D eigenvalue weighted by Gasteiger charge is -2.12. The molecule has 0 aliphatic rings. The van der Waals surface area contributed by atoms with Gasteiger partial charge in [-0.15, -0.1) is 0 Å². The number of nitrogens with zero attached hydrogens (tertiary/aromatic N) is 1. The maximum absolute atomic E-state index is 12.7. The number of halogens is 4. The lowest BCUT2D eigenvalue weighted by Crippen LogP contribution is -2.26. The van der Waals surface area contributed by atoms with E-state index in [9.17, 15) is 28.1 Å². The summed E-state index contributed by atoms with van der Waals surface area (Å²) in [5.41, 5.74) is -1.66. The Hall–Kier alpha value is -2.46. The van der Waals surface area contributed by atoms with E-state index in [0.29, 0.717) is 11.8 Å². The maximum Gasteiger partial charge on any atom is 0.416 e. The van der Waals surface area contributed by atoms with Crippen LogP contribution in [0.4, 0.5) is 18.9 Å². The summed E-state index contributed by atoms with van der Waals surface area (Å²) in [6.07, 6.45) is -4.56. The molecule has 6 nitrogen and oxygen atoms in total. The van der Waals surface area contributed by atoms with Gasteiger partial charge < -0.3 is 10.1 Å². The number of alkyl halides is 3. The molecular weight excluding hydrogens is 409 g/mol. The highest BCUT2D eigenvalue weighted by Gasteiger charge is 2.31. The molecule has 0 heterocycles. The minimum Gasteiger partial charge on any atom is -0.456 e. The molecule has 144 valence electrons. The van der Waals surface area contributed by atoms with Crippen LogP contribution < -0.4 is 10.1 Å². The molecule has 0 spiro atoms. The van der Waals surface area contributed by atoms with Gasteiger partial charge in [-0.3, -0.25) is 14.9 Å². The first kappa shape index (κ1) is 20.8. The Balaban J connectivity index is 2.34. The van der Waals surface area contributed by atoms with Gasteiger partial charge in [0.25, 0.3) is 11.6 Å². The zero-order chi connectivity index (χ0) is 20.2. The van der Waals surface area contributed by atoms with E-state index in [4.69, 9.17) is 16.3 Å². The molecule has 0 fully saturated rings. The third-order valence-corrected chi connectivity index (χ3v) is 3.81. The molecule has 11 heteroatoms. The number of benzene rings is 2. The number of thiol groups is 1. The van der Waals surface area contributed by atoms with Gasteiger partial charge in [0.2, 0.25) is 0 Å². The molecule has 1 amide bonds. The lowest BCUT2D eigenvalue weighted by molar-refractivity contribution is -0.385. The number of rotatable bonds is 6. The Morgan fingerprint density at radius 3 is 2.52 bits per heavy atom. The number of nitrogens with one attached hydrogen (secondary N) is 1. The van der Waals surface area contributed by atoms with Gasteiger partial charge in [0.05, 0.1) is 15.5 Å².